The topological polar surface area (TPSA) is 47.0 Å². The monoisotopic (exact) mass is 526 g/mol. The first-order chi connectivity index (χ1) is 13.8. The first-order valence-electron chi connectivity index (χ1n) is 10.3. The van der Waals surface area contributed by atoms with Crippen molar-refractivity contribution in [2.45, 2.75) is 19.9 Å². The number of rotatable bonds is 5. The highest BCUT2D eigenvalue weighted by atomic mass is 127. The van der Waals surface area contributed by atoms with Crippen LogP contribution >= 0.6 is 35.3 Å². The Kier molecular flexibility index (Phi) is 8.55. The second-order valence-corrected chi connectivity index (χ2v) is 8.29. The van der Waals surface area contributed by atoms with Gasteiger partial charge in [-0.2, -0.15) is 0 Å². The number of hydrogen-bond acceptors (Lipinski definition) is 5. The number of aromatic nitrogens is 1. The molecular formula is C21H31IN6S. The lowest BCUT2D eigenvalue weighted by Gasteiger charge is -2.37. The zero-order chi connectivity index (χ0) is 19.2. The standard InChI is InChI=1S/C21H30N6S.HI/c1-2-22-21(24-9-11-25-10-6-19-18(17-25)7-16-28-19)27-14-12-26(13-15-27)20-5-3-4-8-23-20;/h3-5,7-8,16H,2,6,9-15,17H2,1H3,(H,22,24);1H. The highest BCUT2D eigenvalue weighted by molar-refractivity contribution is 14.0. The van der Waals surface area contributed by atoms with Crippen molar-refractivity contribution in [3.8, 4) is 0 Å². The summed E-state index contributed by atoms with van der Waals surface area (Å²) in [5, 5.41) is 5.70. The summed E-state index contributed by atoms with van der Waals surface area (Å²) in [6.45, 7) is 11.1. The Bertz CT molecular complexity index is 772. The van der Waals surface area contributed by atoms with Gasteiger partial charge in [0.15, 0.2) is 5.96 Å². The number of hydrogen-bond donors (Lipinski definition) is 1. The van der Waals surface area contributed by atoms with E-state index in [9.17, 15) is 0 Å². The number of thiophene rings is 1. The van der Waals surface area contributed by atoms with Crippen molar-refractivity contribution in [3.05, 3.63) is 46.3 Å². The SMILES string of the molecule is CCNC(=NCCN1CCc2sccc2C1)N1CCN(c2ccccn2)CC1.I. The minimum Gasteiger partial charge on any atom is -0.357 e. The lowest BCUT2D eigenvalue weighted by molar-refractivity contribution is 0.263. The molecule has 0 saturated carbocycles. The summed E-state index contributed by atoms with van der Waals surface area (Å²) in [7, 11) is 0. The van der Waals surface area contributed by atoms with Gasteiger partial charge in [0.05, 0.1) is 6.54 Å². The Labute approximate surface area is 195 Å². The van der Waals surface area contributed by atoms with Gasteiger partial charge < -0.3 is 15.1 Å². The Morgan fingerprint density at radius 1 is 1.17 bits per heavy atom. The predicted octanol–water partition coefficient (Wildman–Crippen LogP) is 2.91. The molecular weight excluding hydrogens is 495 g/mol. The van der Waals surface area contributed by atoms with Crippen LogP contribution in [0.25, 0.3) is 0 Å². The second-order valence-electron chi connectivity index (χ2n) is 7.29. The molecule has 2 aromatic heterocycles. The summed E-state index contributed by atoms with van der Waals surface area (Å²) >= 11 is 1.90. The van der Waals surface area contributed by atoms with Crippen LogP contribution in [0.15, 0.2) is 40.8 Å². The molecule has 6 nitrogen and oxygen atoms in total. The van der Waals surface area contributed by atoms with E-state index in [-0.39, 0.29) is 24.0 Å². The highest BCUT2D eigenvalue weighted by Crippen LogP contribution is 2.23. The van der Waals surface area contributed by atoms with Crippen molar-refractivity contribution < 1.29 is 0 Å². The first kappa shape index (κ1) is 22.3. The Morgan fingerprint density at radius 3 is 2.79 bits per heavy atom. The van der Waals surface area contributed by atoms with Crippen LogP contribution in [-0.4, -0.2) is 73.1 Å². The number of guanidine groups is 1. The Morgan fingerprint density at radius 2 is 2.03 bits per heavy atom. The van der Waals surface area contributed by atoms with E-state index in [2.05, 4.69) is 55.5 Å². The van der Waals surface area contributed by atoms with Crippen LogP contribution < -0.4 is 10.2 Å². The number of halogens is 1. The average Bonchev–Trinajstić information content (AvgIpc) is 3.22. The molecule has 0 spiro atoms. The smallest absolute Gasteiger partial charge is 0.194 e. The summed E-state index contributed by atoms with van der Waals surface area (Å²) in [6.07, 6.45) is 3.05. The third-order valence-corrected chi connectivity index (χ3v) is 6.47. The molecule has 4 rings (SSSR count). The molecule has 0 bridgehead atoms. The van der Waals surface area contributed by atoms with Crippen LogP contribution in [0.2, 0.25) is 0 Å². The molecule has 1 saturated heterocycles. The highest BCUT2D eigenvalue weighted by Gasteiger charge is 2.21. The van der Waals surface area contributed by atoms with Crippen molar-refractivity contribution in [3.63, 3.8) is 0 Å². The molecule has 1 fully saturated rings. The molecule has 0 aromatic carbocycles. The number of fused-ring (bicyclic) bond motifs is 1. The lowest BCUT2D eigenvalue weighted by Crippen LogP contribution is -2.53. The van der Waals surface area contributed by atoms with Gasteiger partial charge in [0.25, 0.3) is 0 Å². The minimum atomic E-state index is 0. The van der Waals surface area contributed by atoms with E-state index in [0.29, 0.717) is 0 Å². The molecule has 0 amide bonds. The normalized spacial score (nSPS) is 17.6. The van der Waals surface area contributed by atoms with Crippen molar-refractivity contribution in [2.24, 2.45) is 4.99 Å². The third kappa shape index (κ3) is 5.82. The van der Waals surface area contributed by atoms with Gasteiger partial charge in [-0.25, -0.2) is 4.98 Å². The molecule has 29 heavy (non-hydrogen) atoms. The van der Waals surface area contributed by atoms with Gasteiger partial charge in [0, 0.05) is 63.4 Å². The lowest BCUT2D eigenvalue weighted by atomic mass is 10.1. The fourth-order valence-corrected chi connectivity index (χ4v) is 4.80. The van der Waals surface area contributed by atoms with Crippen molar-refractivity contribution in [2.75, 3.05) is 57.3 Å². The molecule has 2 aliphatic heterocycles. The summed E-state index contributed by atoms with van der Waals surface area (Å²) in [5.74, 6) is 2.12. The van der Waals surface area contributed by atoms with Gasteiger partial charge in [-0.05, 0) is 42.5 Å². The number of aliphatic imine (C=N–C) groups is 1. The van der Waals surface area contributed by atoms with Crippen LogP contribution in [-0.2, 0) is 13.0 Å². The van der Waals surface area contributed by atoms with Crippen LogP contribution in [0.3, 0.4) is 0 Å². The van der Waals surface area contributed by atoms with Crippen LogP contribution in [0, 0.1) is 0 Å². The fourth-order valence-electron chi connectivity index (χ4n) is 3.91. The first-order valence-corrected chi connectivity index (χ1v) is 11.2. The van der Waals surface area contributed by atoms with Crippen LogP contribution in [0.4, 0.5) is 5.82 Å². The molecule has 0 unspecified atom stereocenters. The fraction of sp³-hybridized carbons (Fsp3) is 0.524. The molecule has 1 N–H and O–H groups in total. The quantitative estimate of drug-likeness (QED) is 0.369. The summed E-state index contributed by atoms with van der Waals surface area (Å²) in [6, 6.07) is 8.39. The number of piperazine rings is 1. The van der Waals surface area contributed by atoms with Crippen LogP contribution in [0.5, 0.6) is 0 Å². The molecule has 4 heterocycles. The maximum absolute atomic E-state index is 4.93. The molecule has 0 atom stereocenters. The van der Waals surface area contributed by atoms with E-state index >= 15 is 0 Å². The van der Waals surface area contributed by atoms with Gasteiger partial charge in [-0.3, -0.25) is 9.89 Å². The Balaban J connectivity index is 0.00000240. The maximum atomic E-state index is 4.93. The van der Waals surface area contributed by atoms with E-state index in [1.165, 1.54) is 12.0 Å². The van der Waals surface area contributed by atoms with Crippen LogP contribution in [0.1, 0.15) is 17.4 Å². The molecule has 2 aromatic rings. The Hall–Kier alpha value is -1.39. The zero-order valence-electron chi connectivity index (χ0n) is 17.1. The van der Waals surface area contributed by atoms with E-state index in [1.54, 1.807) is 4.88 Å². The maximum Gasteiger partial charge on any atom is 0.194 e. The van der Waals surface area contributed by atoms with Gasteiger partial charge in [0.1, 0.15) is 5.82 Å². The van der Waals surface area contributed by atoms with E-state index in [4.69, 9.17) is 4.99 Å². The average molecular weight is 526 g/mol. The molecule has 158 valence electrons. The number of nitrogens with one attached hydrogen (secondary N) is 1. The third-order valence-electron chi connectivity index (χ3n) is 5.45. The zero-order valence-corrected chi connectivity index (χ0v) is 20.2. The summed E-state index contributed by atoms with van der Waals surface area (Å²) in [5.41, 5.74) is 1.51. The summed E-state index contributed by atoms with van der Waals surface area (Å²) in [4.78, 5) is 18.2. The van der Waals surface area contributed by atoms with Crippen molar-refractivity contribution in [1.82, 2.24) is 20.1 Å². The van der Waals surface area contributed by atoms with Crippen molar-refractivity contribution >= 4 is 47.1 Å². The number of nitrogens with zero attached hydrogens (tertiary/aromatic N) is 5. The molecule has 2 aliphatic rings. The van der Waals surface area contributed by atoms with Gasteiger partial charge in [-0.15, -0.1) is 35.3 Å². The molecule has 0 radical (unpaired) electrons. The van der Waals surface area contributed by atoms with Crippen molar-refractivity contribution in [1.29, 1.82) is 0 Å². The number of pyridine rings is 1. The molecule has 0 aliphatic carbocycles. The van der Waals surface area contributed by atoms with Gasteiger partial charge in [0.2, 0.25) is 0 Å². The molecule has 8 heteroatoms. The predicted molar refractivity (Wildman–Crippen MR) is 133 cm³/mol. The van der Waals surface area contributed by atoms with E-state index in [0.717, 1.165) is 70.7 Å². The summed E-state index contributed by atoms with van der Waals surface area (Å²) < 4.78 is 0. The van der Waals surface area contributed by atoms with Gasteiger partial charge >= 0.3 is 0 Å². The largest absolute Gasteiger partial charge is 0.357 e. The number of anilines is 1. The van der Waals surface area contributed by atoms with E-state index in [1.807, 2.05) is 23.6 Å². The minimum absolute atomic E-state index is 0. The van der Waals surface area contributed by atoms with E-state index < -0.39 is 0 Å². The van der Waals surface area contributed by atoms with Gasteiger partial charge in [-0.1, -0.05) is 6.07 Å². The second kappa shape index (κ2) is 11.1.